The maximum absolute atomic E-state index is 2.72. The van der Waals surface area contributed by atoms with Crippen LogP contribution in [0, 0.1) is 41.5 Å². The molecular formula is C112H42. The number of rotatable bonds is 6. The number of hydrogen-bond acceptors (Lipinski definition) is 0. The zero-order chi connectivity index (χ0) is 69.8. The molecule has 0 saturated carbocycles. The molecule has 0 heterocycles. The molecule has 2 unspecified atom stereocenters. The molecule has 0 spiro atoms. The topological polar surface area (TPSA) is 0 Å². The molecule has 0 aliphatic heterocycles. The minimum atomic E-state index is -0.722. The Hall–Kier alpha value is -13.0. The molecule has 6 atom stereocenters. The van der Waals surface area contributed by atoms with Crippen molar-refractivity contribution in [3.63, 3.8) is 0 Å². The molecule has 29 aromatic carbocycles. The van der Waals surface area contributed by atoms with Gasteiger partial charge in [-0.2, -0.15) is 0 Å². The van der Waals surface area contributed by atoms with Gasteiger partial charge in [0.1, 0.15) is 0 Å². The van der Waals surface area contributed by atoms with Crippen molar-refractivity contribution in [2.75, 3.05) is 0 Å². The maximum Gasteiger partial charge on any atom is 0.0733 e. The van der Waals surface area contributed by atoms with E-state index in [1.165, 1.54) is 66.8 Å². The summed E-state index contributed by atoms with van der Waals surface area (Å²) < 4.78 is 0. The molecule has 0 aromatic heterocycles. The highest BCUT2D eigenvalue weighted by Gasteiger charge is 2.78. The van der Waals surface area contributed by atoms with Crippen molar-refractivity contribution in [3.05, 3.63) is 312 Å². The van der Waals surface area contributed by atoms with Gasteiger partial charge in [0, 0.05) is 0 Å². The first kappa shape index (κ1) is 48.5. The fraction of sp³-hybridized carbons (Fsp3) is 0.107. The first-order chi connectivity index (χ1) is 55.2. The average Bonchev–Trinajstić information content (AvgIpc) is 1.37. The number of benzene rings is 23. The second-order valence-corrected chi connectivity index (χ2v) is 39.7. The van der Waals surface area contributed by atoms with Gasteiger partial charge < -0.3 is 0 Å². The Labute approximate surface area is 630 Å². The molecule has 0 nitrogen and oxygen atoms in total. The standard InChI is InChI=1S/C112H42/c1-31-7-19-37(20-8-31)107-89-69-57-53-51-50-43-45-47-44-46-48(43)60-62(50)80-82-63(51)65(57)77-73-67(69)83-87-85-86-88-84-68-70-58-54(56(46)72-76(60)94-98(80)112(42-29-17-36(6)18-30-42)100(82)96(77)110(91(73)85,40-25-13-34(4)14-26-40)104(88)106(112)102(84)108(94,90(70)72)38-21-9-32(2)10-22-38)52-49(44)61-59(47)75(71(89)55(45)53)93(107)97-79(61)81-64(52)66(58)78-74(68)92(86)109(39-23-11-33(3)12-24-39)95(78)99(81)111(97,105(101(83)107)103(87)109)41-27-15-35(5)16-28-41/h7-30H,1-6H3/t107?,108?,109-,110-,111+,112+/m0/s1. The molecule has 14 aliphatic rings. The third-order valence-corrected chi connectivity index (χ3v) is 37.4. The lowest BCUT2D eigenvalue weighted by Gasteiger charge is -2.55. The molecule has 14 aliphatic carbocycles. The summed E-state index contributed by atoms with van der Waals surface area (Å²) in [5.74, 6) is 0. The predicted molar refractivity (Wildman–Crippen MR) is 459 cm³/mol. The molecule has 0 fully saturated rings. The van der Waals surface area contributed by atoms with Gasteiger partial charge in [0.05, 0.1) is 32.5 Å². The Morgan fingerprint density at radius 2 is 0.223 bits per heavy atom. The summed E-state index contributed by atoms with van der Waals surface area (Å²) >= 11 is 0. The normalized spacial score (nSPS) is 24.4. The van der Waals surface area contributed by atoms with E-state index in [0.717, 1.165) is 0 Å². The van der Waals surface area contributed by atoms with Crippen LogP contribution in [0.2, 0.25) is 0 Å². The lowest BCUT2D eigenvalue weighted by molar-refractivity contribution is 0.594. The highest BCUT2D eigenvalue weighted by atomic mass is 14.8. The molecule has 0 heteroatoms. The Bertz CT molecular complexity index is 9900. The first-order valence-corrected chi connectivity index (χ1v) is 41.7. The fourth-order valence-corrected chi connectivity index (χ4v) is 35.9. The van der Waals surface area contributed by atoms with Crippen molar-refractivity contribution < 1.29 is 0 Å². The van der Waals surface area contributed by atoms with Crippen LogP contribution >= 0.6 is 0 Å². The largest absolute Gasteiger partial charge is 0.0733 e. The predicted octanol–water partition coefficient (Wildman–Crippen LogP) is 26.5. The van der Waals surface area contributed by atoms with Crippen LogP contribution in [0.25, 0.3) is 248 Å². The van der Waals surface area contributed by atoms with Crippen LogP contribution in [0.3, 0.4) is 0 Å². The molecule has 490 valence electrons. The third kappa shape index (κ3) is 3.08. The van der Waals surface area contributed by atoms with E-state index < -0.39 is 32.5 Å². The van der Waals surface area contributed by atoms with Gasteiger partial charge >= 0.3 is 0 Å². The van der Waals surface area contributed by atoms with Crippen molar-refractivity contribution >= 4 is 237 Å². The lowest BCUT2D eigenvalue weighted by atomic mass is 9.45. The van der Waals surface area contributed by atoms with Gasteiger partial charge in [-0.25, -0.2) is 0 Å². The van der Waals surface area contributed by atoms with E-state index in [4.69, 9.17) is 0 Å². The summed E-state index contributed by atoms with van der Waals surface area (Å²) in [5, 5.41) is 71.1. The van der Waals surface area contributed by atoms with Gasteiger partial charge in [-0.3, -0.25) is 0 Å². The van der Waals surface area contributed by atoms with Gasteiger partial charge in [0.25, 0.3) is 0 Å². The van der Waals surface area contributed by atoms with Crippen LogP contribution in [0.5, 0.6) is 0 Å². The quantitative estimate of drug-likeness (QED) is 0.115. The third-order valence-electron chi connectivity index (χ3n) is 37.4. The van der Waals surface area contributed by atoms with Gasteiger partial charge in [0.2, 0.25) is 0 Å². The monoisotopic (exact) mass is 1390 g/mol. The molecule has 0 bridgehead atoms. The van der Waals surface area contributed by atoms with Crippen molar-refractivity contribution in [2.24, 2.45) is 0 Å². The second-order valence-electron chi connectivity index (χ2n) is 39.7. The smallest absolute Gasteiger partial charge is 0.0590 e. The van der Waals surface area contributed by atoms with E-state index in [-0.39, 0.29) is 0 Å². The number of aryl methyl sites for hydroxylation is 6. The molecule has 0 N–H and O–H groups in total. The van der Waals surface area contributed by atoms with Crippen molar-refractivity contribution in [2.45, 2.75) is 74.0 Å². The van der Waals surface area contributed by atoms with Crippen molar-refractivity contribution in [1.82, 2.24) is 0 Å². The summed E-state index contributed by atoms with van der Waals surface area (Å²) in [4.78, 5) is 0. The average molecular weight is 1390 g/mol. The Kier molecular flexibility index (Phi) is 5.28. The first-order valence-electron chi connectivity index (χ1n) is 41.7. The summed E-state index contributed by atoms with van der Waals surface area (Å²) in [5.41, 5.74) is 45.7. The zero-order valence-corrected chi connectivity index (χ0v) is 60.9. The van der Waals surface area contributed by atoms with E-state index in [0.29, 0.717) is 0 Å². The van der Waals surface area contributed by atoms with Gasteiger partial charge in [0.15, 0.2) is 0 Å². The van der Waals surface area contributed by atoms with E-state index in [1.54, 1.807) is 348 Å². The molecule has 0 saturated heterocycles. The van der Waals surface area contributed by atoms with E-state index in [1.807, 2.05) is 0 Å². The number of hydrogen-bond donors (Lipinski definition) is 0. The Morgan fingerprint density at radius 1 is 0.107 bits per heavy atom. The molecule has 0 radical (unpaired) electrons. The summed E-state index contributed by atoms with van der Waals surface area (Å²) in [6, 6.07) is 63.2. The van der Waals surface area contributed by atoms with E-state index in [9.17, 15) is 0 Å². The minimum absolute atomic E-state index is 0.684. The highest BCUT2D eigenvalue weighted by Crippen LogP contribution is 2.92. The minimum Gasteiger partial charge on any atom is -0.0590 e. The maximum atomic E-state index is 2.72. The van der Waals surface area contributed by atoms with Gasteiger partial charge in [-0.05, 0) is 423 Å². The summed E-state index contributed by atoms with van der Waals surface area (Å²) in [6.07, 6.45) is 0. The Balaban J connectivity index is 0.975. The zero-order valence-electron chi connectivity index (χ0n) is 60.9. The summed E-state index contributed by atoms with van der Waals surface area (Å²) in [6.45, 7) is 14.2. The second kappa shape index (κ2) is 12.2. The van der Waals surface area contributed by atoms with Crippen LogP contribution < -0.4 is 0 Å². The fourth-order valence-electron chi connectivity index (χ4n) is 35.9. The van der Waals surface area contributed by atoms with Crippen molar-refractivity contribution in [3.8, 4) is 11.1 Å². The molecule has 112 heavy (non-hydrogen) atoms. The van der Waals surface area contributed by atoms with Gasteiger partial charge in [-0.15, -0.1) is 0 Å². The van der Waals surface area contributed by atoms with Crippen LogP contribution in [0.4, 0.5) is 0 Å². The SMILES string of the molecule is Cc1ccc(C23c4c5c6c7c8c9c%10c%11c%12c%13c%14c%15c%16c%17c%18c%19c%20c%21c%22c%23c(c(c(c%23c-8c8c%22c%22c(c%23c%24c%25c(c2c2c%26c3c(c%10c47)c3c%11c%14c4c3c%26c3c7c2c%25c2c%10c%24c%22c%21c%10c%19c(c%10c%18c%15c4c%103)c27)[C@@]5%23c2ccc(C)cc2)[C@@]68c2ccc(C)cc2)[C@@]9%12c2ccc(C)cc2)[C@@]%13%16c2ccc(C)cc2)C%17%20c2ccc(C)cc2)cc1. The molecule has 43 rings (SSSR count). The van der Waals surface area contributed by atoms with E-state index in [2.05, 4.69) is 187 Å². The highest BCUT2D eigenvalue weighted by molar-refractivity contribution is 6.75. The van der Waals surface area contributed by atoms with Crippen LogP contribution in [0.15, 0.2) is 146 Å². The Morgan fingerprint density at radius 3 is 0.429 bits per heavy atom. The van der Waals surface area contributed by atoms with Crippen LogP contribution in [0.1, 0.15) is 167 Å². The molecule has 0 amide bonds. The lowest BCUT2D eigenvalue weighted by Crippen LogP contribution is -2.50. The van der Waals surface area contributed by atoms with Crippen LogP contribution in [-0.4, -0.2) is 0 Å². The molecule has 29 aromatic rings. The van der Waals surface area contributed by atoms with Crippen molar-refractivity contribution in [1.29, 1.82) is 0 Å². The van der Waals surface area contributed by atoms with Gasteiger partial charge in [-0.1, -0.05) is 179 Å². The van der Waals surface area contributed by atoms with E-state index >= 15 is 0 Å². The van der Waals surface area contributed by atoms with Crippen LogP contribution in [-0.2, 0) is 32.5 Å². The molecular weight excluding hydrogens is 1350 g/mol. The summed E-state index contributed by atoms with van der Waals surface area (Å²) in [7, 11) is 0.